The smallest absolute Gasteiger partial charge is 0.410 e. The third kappa shape index (κ3) is 3.74. The minimum atomic E-state index is -0.314. The van der Waals surface area contributed by atoms with Crippen molar-refractivity contribution in [2.75, 3.05) is 20.2 Å². The van der Waals surface area contributed by atoms with Crippen LogP contribution >= 0.6 is 0 Å². The average molecular weight is 366 g/mol. The highest BCUT2D eigenvalue weighted by Gasteiger charge is 2.40. The molecule has 1 aliphatic carbocycles. The van der Waals surface area contributed by atoms with Crippen molar-refractivity contribution in [1.29, 1.82) is 0 Å². The first kappa shape index (κ1) is 17.4. The van der Waals surface area contributed by atoms with Crippen molar-refractivity contribution in [1.82, 2.24) is 10.2 Å². The Morgan fingerprint density at radius 2 is 1.96 bits per heavy atom. The van der Waals surface area contributed by atoms with Crippen molar-refractivity contribution < 1.29 is 19.1 Å². The first-order valence-corrected chi connectivity index (χ1v) is 9.14. The Hall–Kier alpha value is -3.02. The van der Waals surface area contributed by atoms with Crippen LogP contribution in [0.15, 0.2) is 48.5 Å². The predicted octanol–water partition coefficient (Wildman–Crippen LogP) is 3.08. The molecule has 1 unspecified atom stereocenters. The highest BCUT2D eigenvalue weighted by atomic mass is 16.6. The Balaban J connectivity index is 1.45. The largest absolute Gasteiger partial charge is 0.496 e. The zero-order chi connectivity index (χ0) is 18.8. The van der Waals surface area contributed by atoms with Crippen LogP contribution in [0.3, 0.4) is 0 Å². The third-order valence-electron chi connectivity index (χ3n) is 4.93. The fraction of sp³-hybridized carbons (Fsp3) is 0.333. The second-order valence-electron chi connectivity index (χ2n) is 6.88. The van der Waals surface area contributed by atoms with Crippen molar-refractivity contribution in [3.8, 4) is 16.9 Å². The quantitative estimate of drug-likeness (QED) is 0.853. The second kappa shape index (κ2) is 7.31. The molecule has 1 aliphatic heterocycles. The molecular formula is C21H22N2O4. The van der Waals surface area contributed by atoms with Crippen LogP contribution in [0.5, 0.6) is 5.75 Å². The van der Waals surface area contributed by atoms with Gasteiger partial charge in [-0.25, -0.2) is 4.79 Å². The number of cyclic esters (lactones) is 1. The number of nitrogens with one attached hydrogen (secondary N) is 1. The molecule has 4 rings (SSSR count). The van der Waals surface area contributed by atoms with Crippen LogP contribution in [0.4, 0.5) is 4.79 Å². The Morgan fingerprint density at radius 3 is 2.67 bits per heavy atom. The number of carbonyl (C=O) groups is 2. The van der Waals surface area contributed by atoms with E-state index in [1.807, 2.05) is 42.5 Å². The van der Waals surface area contributed by atoms with Gasteiger partial charge in [0.05, 0.1) is 25.8 Å². The lowest BCUT2D eigenvalue weighted by atomic mass is 10.0. The summed E-state index contributed by atoms with van der Waals surface area (Å²) in [5.74, 6) is 0.265. The molecule has 2 aliphatic rings. The van der Waals surface area contributed by atoms with E-state index in [2.05, 4.69) is 5.32 Å². The highest BCUT2D eigenvalue weighted by Crippen LogP contribution is 2.30. The topological polar surface area (TPSA) is 67.9 Å². The van der Waals surface area contributed by atoms with Gasteiger partial charge in [-0.15, -0.1) is 0 Å². The summed E-state index contributed by atoms with van der Waals surface area (Å²) in [5, 5.41) is 2.87. The van der Waals surface area contributed by atoms with Gasteiger partial charge in [-0.1, -0.05) is 36.4 Å². The van der Waals surface area contributed by atoms with E-state index in [9.17, 15) is 9.59 Å². The summed E-state index contributed by atoms with van der Waals surface area (Å²) in [7, 11) is 1.54. The number of hydrogen-bond donors (Lipinski definition) is 1. The minimum Gasteiger partial charge on any atom is -0.496 e. The van der Waals surface area contributed by atoms with Crippen LogP contribution in [0.1, 0.15) is 23.2 Å². The molecule has 6 nitrogen and oxygen atoms in total. The molecule has 1 saturated carbocycles. The second-order valence-corrected chi connectivity index (χ2v) is 6.88. The van der Waals surface area contributed by atoms with Gasteiger partial charge in [0.2, 0.25) is 0 Å². The van der Waals surface area contributed by atoms with Gasteiger partial charge in [-0.2, -0.15) is 0 Å². The van der Waals surface area contributed by atoms with Crippen molar-refractivity contribution in [3.05, 3.63) is 54.1 Å². The zero-order valence-corrected chi connectivity index (χ0v) is 15.2. The Morgan fingerprint density at radius 1 is 1.19 bits per heavy atom. The van der Waals surface area contributed by atoms with E-state index in [0.29, 0.717) is 23.9 Å². The molecule has 6 heteroatoms. The molecule has 1 heterocycles. The van der Waals surface area contributed by atoms with Crippen molar-refractivity contribution in [3.63, 3.8) is 0 Å². The molecule has 0 radical (unpaired) electrons. The summed E-state index contributed by atoms with van der Waals surface area (Å²) in [6, 6.07) is 15.7. The Labute approximate surface area is 158 Å². The van der Waals surface area contributed by atoms with E-state index in [1.54, 1.807) is 18.1 Å². The first-order valence-electron chi connectivity index (χ1n) is 9.14. The standard InChI is InChI=1S/C21H22N2O4/c1-26-19-10-7-15(14-5-3-2-4-6-14)11-18(19)20(24)22-12-17-13-23(16-8-9-16)21(25)27-17/h2-7,10-11,16-17H,8-9,12-13H2,1H3,(H,22,24). The summed E-state index contributed by atoms with van der Waals surface area (Å²) in [6.07, 6.45) is 1.49. The normalized spacial score (nSPS) is 18.9. The number of amides is 2. The van der Waals surface area contributed by atoms with E-state index in [0.717, 1.165) is 24.0 Å². The molecule has 140 valence electrons. The van der Waals surface area contributed by atoms with E-state index in [-0.39, 0.29) is 24.6 Å². The molecular weight excluding hydrogens is 344 g/mol. The monoisotopic (exact) mass is 366 g/mol. The maximum atomic E-state index is 12.7. The highest BCUT2D eigenvalue weighted by molar-refractivity contribution is 5.98. The van der Waals surface area contributed by atoms with E-state index in [1.165, 1.54) is 0 Å². The number of nitrogens with zero attached hydrogens (tertiary/aromatic N) is 1. The van der Waals surface area contributed by atoms with Crippen molar-refractivity contribution >= 4 is 12.0 Å². The predicted molar refractivity (Wildman–Crippen MR) is 101 cm³/mol. The van der Waals surface area contributed by atoms with Crippen LogP contribution in [0, 0.1) is 0 Å². The summed E-state index contributed by atoms with van der Waals surface area (Å²) >= 11 is 0. The number of carbonyl (C=O) groups excluding carboxylic acids is 2. The first-order chi connectivity index (χ1) is 13.2. The fourth-order valence-electron chi connectivity index (χ4n) is 3.33. The number of rotatable bonds is 6. The summed E-state index contributed by atoms with van der Waals surface area (Å²) in [6.45, 7) is 0.817. The van der Waals surface area contributed by atoms with Gasteiger partial charge in [0.25, 0.3) is 5.91 Å². The van der Waals surface area contributed by atoms with Crippen LogP contribution in [-0.2, 0) is 4.74 Å². The van der Waals surface area contributed by atoms with Gasteiger partial charge in [-0.05, 0) is 36.1 Å². The number of methoxy groups -OCH3 is 1. The van der Waals surface area contributed by atoms with Crippen LogP contribution < -0.4 is 10.1 Å². The number of benzene rings is 2. The molecule has 27 heavy (non-hydrogen) atoms. The van der Waals surface area contributed by atoms with E-state index < -0.39 is 0 Å². The van der Waals surface area contributed by atoms with Gasteiger partial charge >= 0.3 is 6.09 Å². The zero-order valence-electron chi connectivity index (χ0n) is 15.2. The molecule has 2 aromatic carbocycles. The molecule has 2 fully saturated rings. The van der Waals surface area contributed by atoms with Gasteiger partial charge in [0, 0.05) is 6.04 Å². The van der Waals surface area contributed by atoms with E-state index in [4.69, 9.17) is 9.47 Å². The third-order valence-corrected chi connectivity index (χ3v) is 4.93. The minimum absolute atomic E-state index is 0.245. The maximum Gasteiger partial charge on any atom is 0.410 e. The lowest BCUT2D eigenvalue weighted by Crippen LogP contribution is -2.35. The fourth-order valence-corrected chi connectivity index (χ4v) is 3.33. The lowest BCUT2D eigenvalue weighted by molar-refractivity contribution is 0.0911. The molecule has 2 aromatic rings. The summed E-state index contributed by atoms with van der Waals surface area (Å²) in [4.78, 5) is 26.3. The van der Waals surface area contributed by atoms with Crippen LogP contribution in [0.25, 0.3) is 11.1 Å². The SMILES string of the molecule is COc1ccc(-c2ccccc2)cc1C(=O)NCC1CN(C2CC2)C(=O)O1. The molecule has 1 atom stereocenters. The van der Waals surface area contributed by atoms with Gasteiger partial charge in [-0.3, -0.25) is 4.79 Å². The number of hydrogen-bond acceptors (Lipinski definition) is 4. The van der Waals surface area contributed by atoms with Gasteiger partial charge in [0.1, 0.15) is 11.9 Å². The van der Waals surface area contributed by atoms with Crippen molar-refractivity contribution in [2.24, 2.45) is 0 Å². The molecule has 0 aromatic heterocycles. The summed E-state index contributed by atoms with van der Waals surface area (Å²) in [5.41, 5.74) is 2.43. The lowest BCUT2D eigenvalue weighted by Gasteiger charge is -2.14. The molecule has 2 amide bonds. The molecule has 1 saturated heterocycles. The summed E-state index contributed by atoms with van der Waals surface area (Å²) < 4.78 is 10.7. The van der Waals surface area contributed by atoms with Crippen LogP contribution in [0.2, 0.25) is 0 Å². The van der Waals surface area contributed by atoms with Gasteiger partial charge < -0.3 is 19.7 Å². The molecule has 1 N–H and O–H groups in total. The van der Waals surface area contributed by atoms with Gasteiger partial charge in [0.15, 0.2) is 0 Å². The maximum absolute atomic E-state index is 12.7. The Kier molecular flexibility index (Phi) is 4.71. The average Bonchev–Trinajstić information content (AvgIpc) is 3.48. The molecule has 0 bridgehead atoms. The Bertz CT molecular complexity index is 849. The van der Waals surface area contributed by atoms with Crippen molar-refractivity contribution in [2.45, 2.75) is 25.0 Å². The van der Waals surface area contributed by atoms with E-state index >= 15 is 0 Å². The molecule has 0 spiro atoms. The van der Waals surface area contributed by atoms with Crippen LogP contribution in [-0.4, -0.2) is 49.2 Å². The number of ether oxygens (including phenoxy) is 2.